The van der Waals surface area contributed by atoms with E-state index in [0.717, 1.165) is 25.7 Å². The SMILES string of the molecule is CC1(S(=O)(=O)O)CCCCCCCCCCCCCC1. The molecule has 120 valence electrons. The third-order valence-electron chi connectivity index (χ3n) is 4.78. The van der Waals surface area contributed by atoms with Gasteiger partial charge in [-0.15, -0.1) is 0 Å². The number of rotatable bonds is 1. The zero-order valence-electron chi connectivity index (χ0n) is 13.1. The molecule has 0 saturated heterocycles. The molecule has 0 aromatic carbocycles. The third-order valence-corrected chi connectivity index (χ3v) is 6.44. The van der Waals surface area contributed by atoms with Crippen LogP contribution in [0, 0.1) is 0 Å². The molecule has 0 amide bonds. The summed E-state index contributed by atoms with van der Waals surface area (Å²) < 4.78 is 31.9. The minimum atomic E-state index is -3.94. The Kier molecular flexibility index (Phi) is 8.11. The second-order valence-corrected chi connectivity index (χ2v) is 8.60. The molecule has 0 atom stereocenters. The lowest BCUT2D eigenvalue weighted by atomic mass is 9.95. The van der Waals surface area contributed by atoms with Crippen LogP contribution in [0.25, 0.3) is 0 Å². The second kappa shape index (κ2) is 9.04. The average molecular weight is 304 g/mol. The van der Waals surface area contributed by atoms with Gasteiger partial charge in [0.2, 0.25) is 0 Å². The van der Waals surface area contributed by atoms with Gasteiger partial charge in [-0.25, -0.2) is 0 Å². The molecule has 0 aromatic rings. The van der Waals surface area contributed by atoms with E-state index in [9.17, 15) is 13.0 Å². The molecule has 1 aliphatic rings. The van der Waals surface area contributed by atoms with Crippen LogP contribution in [-0.4, -0.2) is 17.7 Å². The van der Waals surface area contributed by atoms with Crippen LogP contribution in [0.5, 0.6) is 0 Å². The Morgan fingerprint density at radius 3 is 1.15 bits per heavy atom. The molecule has 0 aromatic heterocycles. The highest BCUT2D eigenvalue weighted by molar-refractivity contribution is 7.87. The first-order valence-electron chi connectivity index (χ1n) is 8.43. The van der Waals surface area contributed by atoms with Gasteiger partial charge in [0, 0.05) is 0 Å². The summed E-state index contributed by atoms with van der Waals surface area (Å²) in [6.45, 7) is 1.72. The Balaban J connectivity index is 2.53. The second-order valence-electron chi connectivity index (χ2n) is 6.67. The van der Waals surface area contributed by atoms with Crippen molar-refractivity contribution in [1.82, 2.24) is 0 Å². The van der Waals surface area contributed by atoms with E-state index in [1.807, 2.05) is 0 Å². The van der Waals surface area contributed by atoms with Crippen LogP contribution in [0.1, 0.15) is 96.8 Å². The van der Waals surface area contributed by atoms with Crippen molar-refractivity contribution in [2.24, 2.45) is 0 Å². The Morgan fingerprint density at radius 1 is 0.650 bits per heavy atom. The fourth-order valence-corrected chi connectivity index (χ4v) is 3.95. The molecule has 1 rings (SSSR count). The van der Waals surface area contributed by atoms with E-state index in [1.165, 1.54) is 51.4 Å². The lowest BCUT2D eigenvalue weighted by Gasteiger charge is -2.26. The van der Waals surface area contributed by atoms with Crippen LogP contribution in [0.2, 0.25) is 0 Å². The van der Waals surface area contributed by atoms with Gasteiger partial charge in [0.1, 0.15) is 0 Å². The Bertz CT molecular complexity index is 333. The first-order valence-corrected chi connectivity index (χ1v) is 9.87. The molecular formula is C16H32O3S. The molecule has 0 heterocycles. The molecule has 4 heteroatoms. The zero-order chi connectivity index (χ0) is 14.9. The van der Waals surface area contributed by atoms with Crippen LogP contribution in [-0.2, 0) is 10.1 Å². The van der Waals surface area contributed by atoms with Crippen molar-refractivity contribution in [3.63, 3.8) is 0 Å². The van der Waals surface area contributed by atoms with Crippen molar-refractivity contribution in [1.29, 1.82) is 0 Å². The minimum Gasteiger partial charge on any atom is -0.285 e. The van der Waals surface area contributed by atoms with E-state index in [0.29, 0.717) is 12.8 Å². The first-order chi connectivity index (χ1) is 9.46. The number of hydrogen-bond donors (Lipinski definition) is 1. The van der Waals surface area contributed by atoms with Gasteiger partial charge in [0.25, 0.3) is 10.1 Å². The molecule has 0 bridgehead atoms. The lowest BCUT2D eigenvalue weighted by Crippen LogP contribution is -2.35. The summed E-state index contributed by atoms with van der Waals surface area (Å²) in [5.41, 5.74) is 0. The maximum Gasteiger partial charge on any atom is 0.270 e. The molecule has 0 radical (unpaired) electrons. The van der Waals surface area contributed by atoms with E-state index >= 15 is 0 Å². The maximum atomic E-state index is 11.7. The van der Waals surface area contributed by atoms with Gasteiger partial charge in [0.05, 0.1) is 4.75 Å². The first kappa shape index (κ1) is 18.0. The predicted molar refractivity (Wildman–Crippen MR) is 84.6 cm³/mol. The highest BCUT2D eigenvalue weighted by Gasteiger charge is 2.36. The van der Waals surface area contributed by atoms with E-state index < -0.39 is 14.9 Å². The van der Waals surface area contributed by atoms with E-state index in [4.69, 9.17) is 0 Å². The van der Waals surface area contributed by atoms with Gasteiger partial charge in [-0.05, 0) is 19.8 Å². The zero-order valence-corrected chi connectivity index (χ0v) is 13.9. The largest absolute Gasteiger partial charge is 0.285 e. The van der Waals surface area contributed by atoms with Gasteiger partial charge in [-0.3, -0.25) is 4.55 Å². The fraction of sp³-hybridized carbons (Fsp3) is 1.00. The third kappa shape index (κ3) is 6.57. The highest BCUT2D eigenvalue weighted by atomic mass is 32.2. The molecule has 1 aliphatic carbocycles. The van der Waals surface area contributed by atoms with Crippen LogP contribution < -0.4 is 0 Å². The van der Waals surface area contributed by atoms with Crippen LogP contribution in [0.3, 0.4) is 0 Å². The normalized spacial score (nSPS) is 24.5. The smallest absolute Gasteiger partial charge is 0.270 e. The molecule has 0 unspecified atom stereocenters. The summed E-state index contributed by atoms with van der Waals surface area (Å²) in [4.78, 5) is 0. The van der Waals surface area contributed by atoms with Gasteiger partial charge in [0.15, 0.2) is 0 Å². The Hall–Kier alpha value is -0.0900. The Morgan fingerprint density at radius 2 is 0.900 bits per heavy atom. The lowest BCUT2D eigenvalue weighted by molar-refractivity contribution is 0.386. The van der Waals surface area contributed by atoms with Gasteiger partial charge in [-0.2, -0.15) is 8.42 Å². The molecule has 1 saturated carbocycles. The van der Waals surface area contributed by atoms with Crippen molar-refractivity contribution >= 4 is 10.1 Å². The molecule has 20 heavy (non-hydrogen) atoms. The summed E-state index contributed by atoms with van der Waals surface area (Å²) in [6.07, 6.45) is 15.5. The monoisotopic (exact) mass is 304 g/mol. The maximum absolute atomic E-state index is 11.7. The van der Waals surface area contributed by atoms with Crippen molar-refractivity contribution in [3.05, 3.63) is 0 Å². The average Bonchev–Trinajstić information content (AvgIpc) is 2.38. The molecule has 0 spiro atoms. The molecular weight excluding hydrogens is 272 g/mol. The van der Waals surface area contributed by atoms with Crippen molar-refractivity contribution in [2.45, 2.75) is 102 Å². The minimum absolute atomic E-state index is 0.603. The molecule has 1 N–H and O–H groups in total. The predicted octanol–water partition coefficient (Wildman–Crippen LogP) is 5.11. The van der Waals surface area contributed by atoms with Gasteiger partial charge in [-0.1, -0.05) is 77.0 Å². The van der Waals surface area contributed by atoms with Gasteiger partial charge >= 0.3 is 0 Å². The summed E-state index contributed by atoms with van der Waals surface area (Å²) in [7, 11) is -3.94. The van der Waals surface area contributed by atoms with Gasteiger partial charge < -0.3 is 0 Å². The topological polar surface area (TPSA) is 54.4 Å². The van der Waals surface area contributed by atoms with Crippen molar-refractivity contribution < 1.29 is 13.0 Å². The van der Waals surface area contributed by atoms with E-state index in [1.54, 1.807) is 6.92 Å². The molecule has 3 nitrogen and oxygen atoms in total. The quantitative estimate of drug-likeness (QED) is 0.685. The van der Waals surface area contributed by atoms with E-state index in [-0.39, 0.29) is 0 Å². The van der Waals surface area contributed by atoms with Crippen LogP contribution in [0.15, 0.2) is 0 Å². The summed E-state index contributed by atoms with van der Waals surface area (Å²) in [6, 6.07) is 0. The number of hydrogen-bond acceptors (Lipinski definition) is 2. The van der Waals surface area contributed by atoms with Crippen molar-refractivity contribution in [3.8, 4) is 0 Å². The molecule has 0 aliphatic heterocycles. The molecule has 1 fully saturated rings. The van der Waals surface area contributed by atoms with Crippen LogP contribution >= 0.6 is 0 Å². The Labute approximate surface area is 125 Å². The summed E-state index contributed by atoms with van der Waals surface area (Å²) in [5, 5.41) is 0. The van der Waals surface area contributed by atoms with E-state index in [2.05, 4.69) is 0 Å². The standard InChI is InChI=1S/C16H32O3S/c1-16(20(17,18)19)14-12-10-8-6-4-2-3-5-7-9-11-13-15-16/h2-15H2,1H3,(H,17,18,19). The fourth-order valence-electron chi connectivity index (χ4n) is 3.15. The highest BCUT2D eigenvalue weighted by Crippen LogP contribution is 2.30. The summed E-state index contributed by atoms with van der Waals surface area (Å²) >= 11 is 0. The van der Waals surface area contributed by atoms with Crippen LogP contribution in [0.4, 0.5) is 0 Å². The van der Waals surface area contributed by atoms with Crippen molar-refractivity contribution in [2.75, 3.05) is 0 Å². The summed E-state index contributed by atoms with van der Waals surface area (Å²) in [5.74, 6) is 0.